The van der Waals surface area contributed by atoms with E-state index in [1.807, 2.05) is 13.8 Å². The number of aliphatic hydroxyl groups excluding tert-OH is 1. The van der Waals surface area contributed by atoms with E-state index in [0.29, 0.717) is 12.3 Å². The van der Waals surface area contributed by atoms with Crippen LogP contribution in [0.15, 0.2) is 0 Å². The smallest absolute Gasteiger partial charge is 0.331 e. The summed E-state index contributed by atoms with van der Waals surface area (Å²) in [5, 5.41) is 21.6. The molecule has 0 aromatic rings. The van der Waals surface area contributed by atoms with Crippen LogP contribution in [0.3, 0.4) is 0 Å². The van der Waals surface area contributed by atoms with Crippen LogP contribution >= 0.6 is 11.8 Å². The van der Waals surface area contributed by atoms with E-state index in [9.17, 15) is 19.5 Å². The number of hydrogen-bond donors (Lipinski definition) is 4. The van der Waals surface area contributed by atoms with Crippen molar-refractivity contribution in [2.75, 3.05) is 12.9 Å². The molecule has 0 spiro atoms. The quantitative estimate of drug-likeness (QED) is 0.445. The molecular formula is C14H24N2O6S. The molecule has 1 fully saturated rings. The van der Waals surface area contributed by atoms with E-state index in [1.54, 1.807) is 0 Å². The van der Waals surface area contributed by atoms with Gasteiger partial charge in [-0.15, -0.1) is 0 Å². The predicted octanol–water partition coefficient (Wildman–Crippen LogP) is -0.661. The first-order valence-corrected chi connectivity index (χ1v) is 8.27. The zero-order chi connectivity index (χ0) is 17.8. The van der Waals surface area contributed by atoms with Crippen LogP contribution < -0.4 is 11.1 Å². The minimum absolute atomic E-state index is 0.378. The maximum Gasteiger partial charge on any atom is 0.331 e. The predicted molar refractivity (Wildman–Crippen MR) is 84.8 cm³/mol. The number of carboxylic acids is 1. The highest BCUT2D eigenvalue weighted by atomic mass is 32.2. The monoisotopic (exact) mass is 348 g/mol. The number of carbonyl (C=O) groups is 3. The Kier molecular flexibility index (Phi) is 6.84. The van der Waals surface area contributed by atoms with Crippen molar-refractivity contribution in [1.82, 2.24) is 5.32 Å². The fourth-order valence-corrected chi connectivity index (χ4v) is 4.13. The van der Waals surface area contributed by atoms with E-state index in [1.165, 1.54) is 11.8 Å². The maximum atomic E-state index is 12.0. The third kappa shape index (κ3) is 5.08. The number of rotatable bonds is 7. The molecule has 5 N–H and O–H groups in total. The van der Waals surface area contributed by atoms with Crippen LogP contribution in [0, 0.1) is 5.92 Å². The normalized spacial score (nSPS) is 27.8. The van der Waals surface area contributed by atoms with Gasteiger partial charge in [0.2, 0.25) is 5.91 Å². The molecule has 5 atom stereocenters. The van der Waals surface area contributed by atoms with Crippen molar-refractivity contribution in [3.63, 3.8) is 0 Å². The van der Waals surface area contributed by atoms with Crippen LogP contribution in [0.25, 0.3) is 0 Å². The summed E-state index contributed by atoms with van der Waals surface area (Å²) in [5.74, 6) is -1.62. The molecule has 3 unspecified atom stereocenters. The Labute approximate surface area is 139 Å². The number of carboxylic acid groups (broad SMARTS) is 1. The Hall–Kier alpha value is -1.32. The summed E-state index contributed by atoms with van der Waals surface area (Å²) < 4.78 is 4.04. The molecule has 0 aromatic heterocycles. The first-order valence-electron chi connectivity index (χ1n) is 7.28. The molecule has 0 aliphatic carbocycles. The molecule has 9 heteroatoms. The van der Waals surface area contributed by atoms with Crippen LogP contribution in [0.4, 0.5) is 0 Å². The van der Waals surface area contributed by atoms with Gasteiger partial charge in [-0.3, -0.25) is 9.59 Å². The SMILES string of the molecule is COC(=O)[C@@H](NC(=O)[C@@H](N)CC(=O)O)C(O)C1(C)CC(C)CS1. The van der Waals surface area contributed by atoms with Crippen LogP contribution in [0.1, 0.15) is 26.7 Å². The van der Waals surface area contributed by atoms with E-state index >= 15 is 0 Å². The molecule has 1 amide bonds. The lowest BCUT2D eigenvalue weighted by Crippen LogP contribution is -2.58. The average molecular weight is 348 g/mol. The second-order valence-corrected chi connectivity index (χ2v) is 7.65. The lowest BCUT2D eigenvalue weighted by molar-refractivity contribution is -0.149. The number of hydrogen-bond acceptors (Lipinski definition) is 7. The zero-order valence-corrected chi connectivity index (χ0v) is 14.3. The highest BCUT2D eigenvalue weighted by molar-refractivity contribution is 8.00. The van der Waals surface area contributed by atoms with Crippen LogP contribution in [0.5, 0.6) is 0 Å². The summed E-state index contributed by atoms with van der Waals surface area (Å²) in [5.41, 5.74) is 5.48. The van der Waals surface area contributed by atoms with Gasteiger partial charge in [-0.25, -0.2) is 4.79 Å². The molecule has 1 rings (SSSR count). The van der Waals surface area contributed by atoms with Gasteiger partial charge in [-0.1, -0.05) is 6.92 Å². The van der Waals surface area contributed by atoms with Crippen LogP contribution in [-0.2, 0) is 19.1 Å². The molecular weight excluding hydrogens is 324 g/mol. The molecule has 0 radical (unpaired) electrons. The minimum atomic E-state index is -1.31. The minimum Gasteiger partial charge on any atom is -0.481 e. The van der Waals surface area contributed by atoms with Gasteiger partial charge in [0.05, 0.1) is 25.7 Å². The molecule has 132 valence electrons. The van der Waals surface area contributed by atoms with E-state index in [2.05, 4.69) is 10.1 Å². The molecule has 8 nitrogen and oxygen atoms in total. The molecule has 1 heterocycles. The van der Waals surface area contributed by atoms with Crippen molar-refractivity contribution in [2.24, 2.45) is 11.7 Å². The Morgan fingerprint density at radius 1 is 1.48 bits per heavy atom. The van der Waals surface area contributed by atoms with Crippen LogP contribution in [0.2, 0.25) is 0 Å². The van der Waals surface area contributed by atoms with Crippen molar-refractivity contribution in [3.05, 3.63) is 0 Å². The summed E-state index contributed by atoms with van der Waals surface area (Å²) in [6.07, 6.45) is -1.06. The maximum absolute atomic E-state index is 12.0. The van der Waals surface area contributed by atoms with Crippen LogP contribution in [-0.4, -0.2) is 63.9 Å². The Bertz CT molecular complexity index is 474. The lowest BCUT2D eigenvalue weighted by atomic mass is 9.89. The van der Waals surface area contributed by atoms with E-state index in [0.717, 1.165) is 12.9 Å². The second-order valence-electron chi connectivity index (χ2n) is 6.09. The summed E-state index contributed by atoms with van der Waals surface area (Å²) in [4.78, 5) is 34.5. The Morgan fingerprint density at radius 3 is 2.52 bits per heavy atom. The molecule has 0 aromatic carbocycles. The Morgan fingerprint density at radius 2 is 2.09 bits per heavy atom. The van der Waals surface area contributed by atoms with E-state index in [4.69, 9.17) is 10.8 Å². The first kappa shape index (κ1) is 19.7. The van der Waals surface area contributed by atoms with Gasteiger partial charge in [0.15, 0.2) is 6.04 Å². The fourth-order valence-electron chi connectivity index (χ4n) is 2.64. The van der Waals surface area contributed by atoms with E-state index < -0.39 is 47.2 Å². The van der Waals surface area contributed by atoms with Crippen molar-refractivity contribution in [1.29, 1.82) is 0 Å². The molecule has 0 bridgehead atoms. The number of aliphatic carboxylic acids is 1. The summed E-state index contributed by atoms with van der Waals surface area (Å²) in [6.45, 7) is 3.87. The molecule has 0 saturated carbocycles. The van der Waals surface area contributed by atoms with Gasteiger partial charge in [0, 0.05) is 4.75 Å². The van der Waals surface area contributed by atoms with E-state index in [-0.39, 0.29) is 0 Å². The topological polar surface area (TPSA) is 139 Å². The molecule has 23 heavy (non-hydrogen) atoms. The van der Waals surface area contributed by atoms with Crippen molar-refractivity contribution < 1.29 is 29.3 Å². The third-order valence-electron chi connectivity index (χ3n) is 3.88. The van der Waals surface area contributed by atoms with Gasteiger partial charge >= 0.3 is 11.9 Å². The standard InChI is InChI=1S/C14H24N2O6S/c1-7-5-14(2,23-6-7)11(19)10(13(21)22-3)16-12(20)8(15)4-9(17)18/h7-8,10-11,19H,4-6,15H2,1-3H3,(H,16,20)(H,17,18)/t7?,8-,10-,11?,14?/m0/s1. The van der Waals surface area contributed by atoms with Gasteiger partial charge in [-0.05, 0) is 25.0 Å². The van der Waals surface area contributed by atoms with Crippen molar-refractivity contribution in [3.8, 4) is 0 Å². The fraction of sp³-hybridized carbons (Fsp3) is 0.786. The van der Waals surface area contributed by atoms with Gasteiger partial charge in [0.1, 0.15) is 0 Å². The number of esters is 1. The third-order valence-corrected chi connectivity index (χ3v) is 5.68. The Balaban J connectivity index is 2.86. The van der Waals surface area contributed by atoms with Crippen molar-refractivity contribution in [2.45, 2.75) is 49.6 Å². The number of nitrogens with one attached hydrogen (secondary N) is 1. The van der Waals surface area contributed by atoms with Gasteiger partial charge in [-0.2, -0.15) is 11.8 Å². The number of thioether (sulfide) groups is 1. The summed E-state index contributed by atoms with van der Waals surface area (Å²) in [6, 6.07) is -2.61. The zero-order valence-electron chi connectivity index (χ0n) is 13.4. The summed E-state index contributed by atoms with van der Waals surface area (Å²) in [7, 11) is 1.15. The summed E-state index contributed by atoms with van der Waals surface area (Å²) >= 11 is 1.53. The van der Waals surface area contributed by atoms with Gasteiger partial charge < -0.3 is 26.0 Å². The number of aliphatic hydroxyl groups is 1. The number of ether oxygens (including phenoxy) is 1. The molecule has 1 aliphatic rings. The molecule has 1 saturated heterocycles. The molecule has 1 aliphatic heterocycles. The first-order chi connectivity index (χ1) is 10.6. The van der Waals surface area contributed by atoms with Crippen molar-refractivity contribution >= 4 is 29.6 Å². The number of methoxy groups -OCH3 is 1. The van der Waals surface area contributed by atoms with Gasteiger partial charge in [0.25, 0.3) is 0 Å². The number of amides is 1. The average Bonchev–Trinajstić information content (AvgIpc) is 2.82. The second kappa shape index (κ2) is 7.98. The number of nitrogens with two attached hydrogens (primary N) is 1. The largest absolute Gasteiger partial charge is 0.481 e. The highest BCUT2D eigenvalue weighted by Gasteiger charge is 2.47. The number of carbonyl (C=O) groups excluding carboxylic acids is 2. The lowest BCUT2D eigenvalue weighted by Gasteiger charge is -2.34. The highest BCUT2D eigenvalue weighted by Crippen LogP contribution is 2.44.